The molecule has 1 aromatic rings. The molecule has 0 fully saturated rings. The third-order valence-electron chi connectivity index (χ3n) is 1.99. The molecular formula is C9H10OS. The van der Waals surface area contributed by atoms with Gasteiger partial charge in [0.05, 0.1) is 10.8 Å². The zero-order valence-corrected chi connectivity index (χ0v) is 7.06. The molecule has 0 unspecified atom stereocenters. The summed E-state index contributed by atoms with van der Waals surface area (Å²) >= 11 is 0. The normalized spacial score (nSPS) is 22.7. The van der Waals surface area contributed by atoms with Crippen LogP contribution in [0.1, 0.15) is 12.0 Å². The minimum atomic E-state index is -0.715. The Hall–Kier alpha value is -0.630. The van der Waals surface area contributed by atoms with Gasteiger partial charge in [0.15, 0.2) is 0 Å². The average molecular weight is 166 g/mol. The fraction of sp³-hybridized carbons (Fsp3) is 0.333. The lowest BCUT2D eigenvalue weighted by molar-refractivity contribution is 0.674. The van der Waals surface area contributed by atoms with E-state index < -0.39 is 10.8 Å². The van der Waals surface area contributed by atoms with Crippen molar-refractivity contribution in [1.29, 1.82) is 0 Å². The van der Waals surface area contributed by atoms with E-state index in [0.717, 1.165) is 23.5 Å². The van der Waals surface area contributed by atoms with E-state index in [2.05, 4.69) is 6.07 Å². The minimum absolute atomic E-state index is 0.715. The molecule has 0 saturated carbocycles. The van der Waals surface area contributed by atoms with Crippen molar-refractivity contribution in [2.24, 2.45) is 0 Å². The first-order chi connectivity index (χ1) is 5.38. The molecular weight excluding hydrogens is 156 g/mol. The molecule has 0 aliphatic carbocycles. The van der Waals surface area contributed by atoms with Gasteiger partial charge in [0.2, 0.25) is 0 Å². The molecule has 0 saturated heterocycles. The van der Waals surface area contributed by atoms with Crippen LogP contribution in [0.4, 0.5) is 0 Å². The molecule has 11 heavy (non-hydrogen) atoms. The summed E-state index contributed by atoms with van der Waals surface area (Å²) in [6.45, 7) is 0. The maximum Gasteiger partial charge on any atom is 0.0532 e. The third-order valence-corrected chi connectivity index (χ3v) is 3.54. The van der Waals surface area contributed by atoms with Crippen molar-refractivity contribution in [1.82, 2.24) is 0 Å². The zero-order chi connectivity index (χ0) is 7.68. The Bertz CT molecular complexity index is 293. The highest BCUT2D eigenvalue weighted by Gasteiger charge is 2.13. The summed E-state index contributed by atoms with van der Waals surface area (Å²) in [6, 6.07) is 8.03. The molecule has 1 nitrogen and oxygen atoms in total. The SMILES string of the molecule is O=[S@]1CCCc2ccccc21. The first kappa shape index (κ1) is 7.04. The molecule has 0 radical (unpaired) electrons. The molecule has 2 heteroatoms. The first-order valence-electron chi connectivity index (χ1n) is 3.84. The largest absolute Gasteiger partial charge is 0.254 e. The van der Waals surface area contributed by atoms with E-state index in [0.29, 0.717) is 0 Å². The second-order valence-corrected chi connectivity index (χ2v) is 4.30. The predicted molar refractivity (Wildman–Crippen MR) is 46.0 cm³/mol. The molecule has 1 aromatic carbocycles. The van der Waals surface area contributed by atoms with Crippen LogP contribution in [-0.2, 0) is 17.2 Å². The van der Waals surface area contributed by atoms with E-state index in [4.69, 9.17) is 0 Å². The van der Waals surface area contributed by atoms with Gasteiger partial charge < -0.3 is 0 Å². The van der Waals surface area contributed by atoms with Gasteiger partial charge in [-0.3, -0.25) is 4.21 Å². The molecule has 0 N–H and O–H groups in total. The number of rotatable bonds is 0. The van der Waals surface area contributed by atoms with Gasteiger partial charge in [-0.1, -0.05) is 18.2 Å². The lowest BCUT2D eigenvalue weighted by Crippen LogP contribution is -2.09. The number of hydrogen-bond donors (Lipinski definition) is 0. The van der Waals surface area contributed by atoms with Crippen LogP contribution < -0.4 is 0 Å². The van der Waals surface area contributed by atoms with Crippen LogP contribution in [-0.4, -0.2) is 9.96 Å². The van der Waals surface area contributed by atoms with Gasteiger partial charge in [0, 0.05) is 10.6 Å². The Morgan fingerprint density at radius 2 is 2.09 bits per heavy atom. The second kappa shape index (κ2) is 2.78. The number of aryl methyl sites for hydroxylation is 1. The Kier molecular flexibility index (Phi) is 1.78. The maximum absolute atomic E-state index is 11.4. The van der Waals surface area contributed by atoms with Crippen LogP contribution in [0.3, 0.4) is 0 Å². The van der Waals surface area contributed by atoms with Gasteiger partial charge in [-0.05, 0) is 24.5 Å². The molecule has 0 aromatic heterocycles. The average Bonchev–Trinajstić information content (AvgIpc) is 2.06. The van der Waals surface area contributed by atoms with E-state index in [1.807, 2.05) is 18.2 Å². The van der Waals surface area contributed by atoms with Crippen LogP contribution in [0.5, 0.6) is 0 Å². The molecule has 0 amide bonds. The Morgan fingerprint density at radius 3 is 2.91 bits per heavy atom. The lowest BCUT2D eigenvalue weighted by atomic mass is 10.1. The van der Waals surface area contributed by atoms with Gasteiger partial charge in [-0.25, -0.2) is 0 Å². The summed E-state index contributed by atoms with van der Waals surface area (Å²) in [5, 5.41) is 0. The molecule has 2 rings (SSSR count). The highest BCUT2D eigenvalue weighted by molar-refractivity contribution is 7.85. The molecule has 1 atom stereocenters. The highest BCUT2D eigenvalue weighted by Crippen LogP contribution is 2.20. The molecule has 1 heterocycles. The fourth-order valence-corrected chi connectivity index (χ4v) is 2.76. The van der Waals surface area contributed by atoms with Crippen LogP contribution in [0.25, 0.3) is 0 Å². The highest BCUT2D eigenvalue weighted by atomic mass is 32.2. The molecule has 0 bridgehead atoms. The van der Waals surface area contributed by atoms with Crippen molar-refractivity contribution in [3.8, 4) is 0 Å². The minimum Gasteiger partial charge on any atom is -0.254 e. The maximum atomic E-state index is 11.4. The summed E-state index contributed by atoms with van der Waals surface area (Å²) in [5.41, 5.74) is 1.28. The van der Waals surface area contributed by atoms with E-state index in [1.54, 1.807) is 0 Å². The van der Waals surface area contributed by atoms with Crippen LogP contribution in [0.2, 0.25) is 0 Å². The summed E-state index contributed by atoms with van der Waals surface area (Å²) in [4.78, 5) is 1.05. The van der Waals surface area contributed by atoms with Crippen LogP contribution >= 0.6 is 0 Å². The quantitative estimate of drug-likeness (QED) is 0.573. The first-order valence-corrected chi connectivity index (χ1v) is 5.16. The molecule has 0 spiro atoms. The summed E-state index contributed by atoms with van der Waals surface area (Å²) in [6.07, 6.45) is 2.17. The predicted octanol–water partition coefficient (Wildman–Crippen LogP) is 1.74. The van der Waals surface area contributed by atoms with E-state index in [1.165, 1.54) is 5.56 Å². The number of hydrogen-bond acceptors (Lipinski definition) is 1. The summed E-state index contributed by atoms with van der Waals surface area (Å²) in [7, 11) is -0.715. The fourth-order valence-electron chi connectivity index (χ4n) is 1.44. The van der Waals surface area contributed by atoms with Crippen LogP contribution in [0, 0.1) is 0 Å². The Labute approximate surface area is 68.9 Å². The smallest absolute Gasteiger partial charge is 0.0532 e. The molecule has 58 valence electrons. The van der Waals surface area contributed by atoms with Gasteiger partial charge in [-0.2, -0.15) is 0 Å². The third kappa shape index (κ3) is 1.23. The monoisotopic (exact) mass is 166 g/mol. The topological polar surface area (TPSA) is 17.1 Å². The van der Waals surface area contributed by atoms with Crippen LogP contribution in [0.15, 0.2) is 29.2 Å². The Morgan fingerprint density at radius 1 is 1.27 bits per heavy atom. The molecule has 1 aliphatic rings. The van der Waals surface area contributed by atoms with Gasteiger partial charge in [0.25, 0.3) is 0 Å². The number of benzene rings is 1. The van der Waals surface area contributed by atoms with E-state index in [9.17, 15) is 4.21 Å². The van der Waals surface area contributed by atoms with E-state index >= 15 is 0 Å². The van der Waals surface area contributed by atoms with Crippen molar-refractivity contribution >= 4 is 10.8 Å². The molecule has 1 aliphatic heterocycles. The van der Waals surface area contributed by atoms with Crippen molar-refractivity contribution in [2.75, 3.05) is 5.75 Å². The summed E-state index contributed by atoms with van der Waals surface area (Å²) < 4.78 is 11.4. The number of fused-ring (bicyclic) bond motifs is 1. The lowest BCUT2D eigenvalue weighted by Gasteiger charge is -2.13. The van der Waals surface area contributed by atoms with Crippen molar-refractivity contribution in [3.63, 3.8) is 0 Å². The van der Waals surface area contributed by atoms with E-state index in [-0.39, 0.29) is 0 Å². The van der Waals surface area contributed by atoms with Crippen molar-refractivity contribution in [3.05, 3.63) is 29.8 Å². The van der Waals surface area contributed by atoms with Gasteiger partial charge >= 0.3 is 0 Å². The van der Waals surface area contributed by atoms with Crippen molar-refractivity contribution in [2.45, 2.75) is 17.7 Å². The summed E-state index contributed by atoms with van der Waals surface area (Å²) in [5.74, 6) is 0.844. The zero-order valence-electron chi connectivity index (χ0n) is 6.25. The standard InChI is InChI=1S/C9H10OS/c10-11-7-3-5-8-4-1-2-6-9(8)11/h1-2,4,6H,3,5,7H2/t11-/m0/s1. The van der Waals surface area contributed by atoms with Gasteiger partial charge in [0.1, 0.15) is 0 Å². The van der Waals surface area contributed by atoms with Crippen molar-refractivity contribution < 1.29 is 4.21 Å². The second-order valence-electron chi connectivity index (χ2n) is 2.76. The Balaban J connectivity index is 2.52. The van der Waals surface area contributed by atoms with Gasteiger partial charge in [-0.15, -0.1) is 0 Å².